The number of carboxylic acids is 1. The van der Waals surface area contributed by atoms with Crippen molar-refractivity contribution in [3.63, 3.8) is 0 Å². The molecule has 1 N–H and O–H groups in total. The number of nitrogens with zero attached hydrogens (tertiary/aromatic N) is 2. The molecular formula is C13H12N2O3S. The van der Waals surface area contributed by atoms with Gasteiger partial charge >= 0.3 is 5.97 Å². The molecular weight excluding hydrogens is 264 g/mol. The largest absolute Gasteiger partial charge is 0.477 e. The monoisotopic (exact) mass is 276 g/mol. The number of amides is 1. The second-order valence-electron chi connectivity index (χ2n) is 3.99. The molecule has 0 spiro atoms. The lowest BCUT2D eigenvalue weighted by atomic mass is 10.2. The van der Waals surface area contributed by atoms with E-state index in [0.29, 0.717) is 11.4 Å². The molecule has 0 aliphatic rings. The molecule has 98 valence electrons. The van der Waals surface area contributed by atoms with E-state index in [1.54, 1.807) is 30.4 Å². The highest BCUT2D eigenvalue weighted by Crippen LogP contribution is 2.18. The van der Waals surface area contributed by atoms with Crippen LogP contribution in [-0.2, 0) is 6.54 Å². The minimum absolute atomic E-state index is 0.167. The minimum atomic E-state index is -1.01. The van der Waals surface area contributed by atoms with Crippen LogP contribution in [0.4, 0.5) is 0 Å². The van der Waals surface area contributed by atoms with Crippen molar-refractivity contribution in [2.45, 2.75) is 6.54 Å². The van der Waals surface area contributed by atoms with E-state index < -0.39 is 5.97 Å². The molecule has 2 aromatic heterocycles. The fraction of sp³-hybridized carbons (Fsp3) is 0.154. The van der Waals surface area contributed by atoms with Crippen LogP contribution < -0.4 is 0 Å². The predicted octanol–water partition coefficient (Wildman–Crippen LogP) is 2.11. The summed E-state index contributed by atoms with van der Waals surface area (Å²) in [7, 11) is 1.68. The molecule has 0 unspecified atom stereocenters. The van der Waals surface area contributed by atoms with Crippen LogP contribution in [0.1, 0.15) is 24.9 Å². The maximum atomic E-state index is 12.1. The van der Waals surface area contributed by atoms with Crippen molar-refractivity contribution in [2.24, 2.45) is 0 Å². The van der Waals surface area contributed by atoms with Gasteiger partial charge in [-0.3, -0.25) is 9.78 Å². The third-order valence-electron chi connectivity index (χ3n) is 2.54. The topological polar surface area (TPSA) is 70.5 Å². The zero-order valence-corrected chi connectivity index (χ0v) is 11.1. The van der Waals surface area contributed by atoms with Crippen molar-refractivity contribution in [3.8, 4) is 0 Å². The molecule has 0 aromatic carbocycles. The maximum Gasteiger partial charge on any atom is 0.345 e. The summed E-state index contributed by atoms with van der Waals surface area (Å²) in [4.78, 5) is 28.9. The van der Waals surface area contributed by atoms with Gasteiger partial charge in [0.05, 0.1) is 4.88 Å². The minimum Gasteiger partial charge on any atom is -0.477 e. The number of carboxylic acid groups (broad SMARTS) is 1. The highest BCUT2D eigenvalue weighted by molar-refractivity contribution is 7.15. The molecule has 2 heterocycles. The SMILES string of the molecule is CN(Cc1ccncc1)C(=O)c1ccc(C(=O)O)s1. The number of thiophene rings is 1. The predicted molar refractivity (Wildman–Crippen MR) is 71.3 cm³/mol. The standard InChI is InChI=1S/C13H12N2O3S/c1-15(8-9-4-6-14-7-5-9)12(16)10-2-3-11(19-10)13(17)18/h2-7H,8H2,1H3,(H,17,18). The van der Waals surface area contributed by atoms with Crippen LogP contribution >= 0.6 is 11.3 Å². The lowest BCUT2D eigenvalue weighted by molar-refractivity contribution is 0.0701. The molecule has 0 aliphatic carbocycles. The zero-order valence-electron chi connectivity index (χ0n) is 10.2. The third kappa shape index (κ3) is 3.17. The van der Waals surface area contributed by atoms with Gasteiger partial charge in [0.1, 0.15) is 4.88 Å². The summed E-state index contributed by atoms with van der Waals surface area (Å²) in [6.45, 7) is 0.460. The Kier molecular flexibility index (Phi) is 3.91. The Bertz CT molecular complexity index is 595. The van der Waals surface area contributed by atoms with E-state index in [1.165, 1.54) is 6.07 Å². The van der Waals surface area contributed by atoms with E-state index in [0.717, 1.165) is 16.9 Å². The molecule has 5 nitrogen and oxygen atoms in total. The molecule has 0 bridgehead atoms. The van der Waals surface area contributed by atoms with Gasteiger partial charge in [-0.05, 0) is 29.8 Å². The average Bonchev–Trinajstić information content (AvgIpc) is 2.88. The first kappa shape index (κ1) is 13.2. The van der Waals surface area contributed by atoms with Gasteiger partial charge in [-0.2, -0.15) is 0 Å². The molecule has 2 aromatic rings. The Morgan fingerprint density at radius 3 is 2.42 bits per heavy atom. The van der Waals surface area contributed by atoms with E-state index in [2.05, 4.69) is 4.98 Å². The average molecular weight is 276 g/mol. The summed E-state index contributed by atoms with van der Waals surface area (Å²) in [6, 6.07) is 6.65. The molecule has 0 saturated heterocycles. The van der Waals surface area contributed by atoms with Gasteiger partial charge in [0.25, 0.3) is 5.91 Å². The molecule has 0 aliphatic heterocycles. The molecule has 19 heavy (non-hydrogen) atoms. The molecule has 6 heteroatoms. The number of hydrogen-bond acceptors (Lipinski definition) is 4. The number of hydrogen-bond donors (Lipinski definition) is 1. The summed E-state index contributed by atoms with van der Waals surface area (Å²) in [5, 5.41) is 8.83. The molecule has 0 saturated carbocycles. The first-order valence-electron chi connectivity index (χ1n) is 5.55. The summed E-state index contributed by atoms with van der Waals surface area (Å²) >= 11 is 0.985. The van der Waals surface area contributed by atoms with Crippen LogP contribution in [0, 0.1) is 0 Å². The summed E-state index contributed by atoms with van der Waals surface area (Å²) in [5.74, 6) is -1.20. The Balaban J connectivity index is 2.08. The van der Waals surface area contributed by atoms with Crippen LogP contribution in [0.2, 0.25) is 0 Å². The summed E-state index contributed by atoms with van der Waals surface area (Å²) in [6.07, 6.45) is 3.34. The third-order valence-corrected chi connectivity index (χ3v) is 3.60. The molecule has 2 rings (SSSR count). The van der Waals surface area contributed by atoms with Gasteiger partial charge in [0.2, 0.25) is 0 Å². The van der Waals surface area contributed by atoms with Crippen molar-refractivity contribution in [3.05, 3.63) is 52.0 Å². The zero-order chi connectivity index (χ0) is 13.8. The van der Waals surface area contributed by atoms with Crippen LogP contribution in [0.3, 0.4) is 0 Å². The Morgan fingerprint density at radius 1 is 1.21 bits per heavy atom. The van der Waals surface area contributed by atoms with Gasteiger partial charge in [-0.15, -0.1) is 11.3 Å². The lowest BCUT2D eigenvalue weighted by Crippen LogP contribution is -2.25. The van der Waals surface area contributed by atoms with Crippen molar-refractivity contribution in [2.75, 3.05) is 7.05 Å². The molecule has 0 atom stereocenters. The number of carbonyl (C=O) groups is 2. The van der Waals surface area contributed by atoms with Crippen molar-refractivity contribution >= 4 is 23.2 Å². The van der Waals surface area contributed by atoms with Gasteiger partial charge < -0.3 is 10.0 Å². The Morgan fingerprint density at radius 2 is 1.84 bits per heavy atom. The van der Waals surface area contributed by atoms with E-state index in [-0.39, 0.29) is 10.8 Å². The summed E-state index contributed by atoms with van der Waals surface area (Å²) in [5.41, 5.74) is 0.973. The highest BCUT2D eigenvalue weighted by atomic mass is 32.1. The van der Waals surface area contributed by atoms with Gasteiger partial charge in [0.15, 0.2) is 0 Å². The first-order chi connectivity index (χ1) is 9.08. The van der Waals surface area contributed by atoms with Crippen molar-refractivity contribution < 1.29 is 14.7 Å². The number of carbonyl (C=O) groups excluding carboxylic acids is 1. The van der Waals surface area contributed by atoms with E-state index in [9.17, 15) is 9.59 Å². The second kappa shape index (κ2) is 5.62. The number of aromatic nitrogens is 1. The number of pyridine rings is 1. The van der Waals surface area contributed by atoms with Gasteiger partial charge in [0, 0.05) is 26.0 Å². The second-order valence-corrected chi connectivity index (χ2v) is 5.07. The molecule has 0 radical (unpaired) electrons. The molecule has 1 amide bonds. The Hall–Kier alpha value is -2.21. The highest BCUT2D eigenvalue weighted by Gasteiger charge is 2.16. The first-order valence-corrected chi connectivity index (χ1v) is 6.37. The normalized spacial score (nSPS) is 10.2. The quantitative estimate of drug-likeness (QED) is 0.928. The van der Waals surface area contributed by atoms with Crippen LogP contribution in [-0.4, -0.2) is 33.9 Å². The van der Waals surface area contributed by atoms with Crippen LogP contribution in [0.15, 0.2) is 36.7 Å². The van der Waals surface area contributed by atoms with Crippen molar-refractivity contribution in [1.82, 2.24) is 9.88 Å². The van der Waals surface area contributed by atoms with Crippen LogP contribution in [0.5, 0.6) is 0 Å². The molecule has 0 fully saturated rings. The lowest BCUT2D eigenvalue weighted by Gasteiger charge is -2.16. The Labute approximate surface area is 114 Å². The maximum absolute atomic E-state index is 12.1. The van der Waals surface area contributed by atoms with Crippen LogP contribution in [0.25, 0.3) is 0 Å². The number of aromatic carboxylic acids is 1. The fourth-order valence-corrected chi connectivity index (χ4v) is 2.43. The van der Waals surface area contributed by atoms with Gasteiger partial charge in [-0.1, -0.05) is 0 Å². The van der Waals surface area contributed by atoms with Gasteiger partial charge in [-0.25, -0.2) is 4.79 Å². The fourth-order valence-electron chi connectivity index (χ4n) is 1.59. The van der Waals surface area contributed by atoms with E-state index in [4.69, 9.17) is 5.11 Å². The van der Waals surface area contributed by atoms with Crippen molar-refractivity contribution in [1.29, 1.82) is 0 Å². The van der Waals surface area contributed by atoms with E-state index >= 15 is 0 Å². The van der Waals surface area contributed by atoms with E-state index in [1.807, 2.05) is 12.1 Å². The number of rotatable bonds is 4. The summed E-state index contributed by atoms with van der Waals surface area (Å²) < 4.78 is 0. The smallest absolute Gasteiger partial charge is 0.345 e.